The van der Waals surface area contributed by atoms with Gasteiger partial charge in [-0.05, 0) is 31.2 Å². The number of amides is 2. The van der Waals surface area contributed by atoms with Crippen LogP contribution in [0.15, 0.2) is 67.0 Å². The summed E-state index contributed by atoms with van der Waals surface area (Å²) in [4.78, 5) is 26.6. The number of nitrogens with one attached hydrogen (secondary N) is 1. The molecule has 1 unspecified atom stereocenters. The van der Waals surface area contributed by atoms with E-state index in [4.69, 9.17) is 9.47 Å². The fraction of sp³-hybridized carbons (Fsp3) is 0.320. The van der Waals surface area contributed by atoms with E-state index >= 15 is 0 Å². The second kappa shape index (κ2) is 10.7. The van der Waals surface area contributed by atoms with E-state index in [0.717, 1.165) is 17.9 Å². The third-order valence-corrected chi connectivity index (χ3v) is 5.38. The van der Waals surface area contributed by atoms with E-state index in [1.165, 1.54) is 16.4 Å². The van der Waals surface area contributed by atoms with Crippen LogP contribution in [0.3, 0.4) is 0 Å². The lowest BCUT2D eigenvalue weighted by Crippen LogP contribution is -2.33. The minimum atomic E-state index is -0.174. The van der Waals surface area contributed by atoms with Crippen molar-refractivity contribution in [3.05, 3.63) is 72.6 Å². The van der Waals surface area contributed by atoms with Crippen molar-refractivity contribution >= 4 is 17.5 Å². The molecule has 1 N–H and O–H groups in total. The molecular weight excluding hydrogens is 420 g/mol. The Hall–Kier alpha value is -3.81. The molecule has 3 aromatic rings. The molecule has 1 aliphatic heterocycles. The third-order valence-electron chi connectivity index (χ3n) is 5.38. The monoisotopic (exact) mass is 448 g/mol. The molecule has 4 rings (SSSR count). The Morgan fingerprint density at radius 1 is 1.09 bits per heavy atom. The molecular formula is C25H28N4O4. The van der Waals surface area contributed by atoms with Crippen LogP contribution in [0.2, 0.25) is 0 Å². The van der Waals surface area contributed by atoms with E-state index < -0.39 is 0 Å². The zero-order chi connectivity index (χ0) is 23.0. The first-order valence-electron chi connectivity index (χ1n) is 11.1. The van der Waals surface area contributed by atoms with Gasteiger partial charge in [0.15, 0.2) is 0 Å². The smallest absolute Gasteiger partial charge is 0.244 e. The molecule has 0 radical (unpaired) electrons. The van der Waals surface area contributed by atoms with Crippen molar-refractivity contribution in [1.82, 2.24) is 14.7 Å². The number of rotatable bonds is 9. The van der Waals surface area contributed by atoms with Crippen molar-refractivity contribution in [3.63, 3.8) is 0 Å². The summed E-state index contributed by atoms with van der Waals surface area (Å²) in [5, 5.41) is 6.98. The van der Waals surface area contributed by atoms with Crippen LogP contribution >= 0.6 is 0 Å². The zero-order valence-electron chi connectivity index (χ0n) is 18.6. The number of likely N-dealkylation sites (tertiary alicyclic amines) is 1. The van der Waals surface area contributed by atoms with Crippen LogP contribution in [-0.4, -0.2) is 52.3 Å². The summed E-state index contributed by atoms with van der Waals surface area (Å²) in [5.41, 5.74) is 1.73. The van der Waals surface area contributed by atoms with E-state index in [1.807, 2.05) is 61.5 Å². The fourth-order valence-corrected chi connectivity index (χ4v) is 3.62. The summed E-state index contributed by atoms with van der Waals surface area (Å²) in [7, 11) is 0. The highest BCUT2D eigenvalue weighted by Crippen LogP contribution is 2.19. The van der Waals surface area contributed by atoms with Crippen LogP contribution in [0.4, 0.5) is 5.69 Å². The number of hydrogen-bond donors (Lipinski definition) is 1. The van der Waals surface area contributed by atoms with Crippen LogP contribution in [0.25, 0.3) is 0 Å². The maximum Gasteiger partial charge on any atom is 0.244 e. The van der Waals surface area contributed by atoms with Crippen LogP contribution in [0.1, 0.15) is 18.4 Å². The molecule has 2 amide bonds. The van der Waals surface area contributed by atoms with Crippen molar-refractivity contribution < 1.29 is 19.1 Å². The van der Waals surface area contributed by atoms with Crippen LogP contribution < -0.4 is 14.8 Å². The van der Waals surface area contributed by atoms with E-state index in [0.29, 0.717) is 18.8 Å². The maximum absolute atomic E-state index is 12.7. The molecule has 0 saturated carbocycles. The predicted octanol–water partition coefficient (Wildman–Crippen LogP) is 3.28. The average molecular weight is 449 g/mol. The van der Waals surface area contributed by atoms with Crippen molar-refractivity contribution in [1.29, 1.82) is 0 Å². The minimum absolute atomic E-state index is 0.0118. The highest BCUT2D eigenvalue weighted by molar-refractivity contribution is 5.90. The van der Waals surface area contributed by atoms with Gasteiger partial charge in [0.1, 0.15) is 24.1 Å². The Labute approximate surface area is 193 Å². The molecule has 2 aromatic carbocycles. The van der Waals surface area contributed by atoms with Gasteiger partial charge in [0.2, 0.25) is 11.8 Å². The quantitative estimate of drug-likeness (QED) is 0.543. The summed E-state index contributed by atoms with van der Waals surface area (Å²) in [6.45, 7) is 3.64. The molecule has 172 valence electrons. The van der Waals surface area contributed by atoms with E-state index in [1.54, 1.807) is 11.1 Å². The Morgan fingerprint density at radius 3 is 2.67 bits per heavy atom. The lowest BCUT2D eigenvalue weighted by atomic mass is 10.2. The normalized spacial score (nSPS) is 15.3. The van der Waals surface area contributed by atoms with Crippen LogP contribution in [-0.2, 0) is 16.1 Å². The topological polar surface area (TPSA) is 85.7 Å². The molecule has 33 heavy (non-hydrogen) atoms. The van der Waals surface area contributed by atoms with Gasteiger partial charge in [0, 0.05) is 19.2 Å². The zero-order valence-corrected chi connectivity index (χ0v) is 18.6. The number of benzene rings is 2. The lowest BCUT2D eigenvalue weighted by Gasteiger charge is -2.17. The van der Waals surface area contributed by atoms with Crippen LogP contribution in [0, 0.1) is 6.92 Å². The van der Waals surface area contributed by atoms with Gasteiger partial charge in [-0.15, -0.1) is 0 Å². The minimum Gasteiger partial charge on any atom is -0.493 e. The summed E-state index contributed by atoms with van der Waals surface area (Å²) in [6.07, 6.45) is 4.20. The fourth-order valence-electron chi connectivity index (χ4n) is 3.62. The Balaban J connectivity index is 1.19. The van der Waals surface area contributed by atoms with Gasteiger partial charge in [-0.2, -0.15) is 5.10 Å². The second-order valence-corrected chi connectivity index (χ2v) is 8.07. The summed E-state index contributed by atoms with van der Waals surface area (Å²) in [5.74, 6) is 1.35. The van der Waals surface area contributed by atoms with Gasteiger partial charge in [-0.1, -0.05) is 35.9 Å². The molecule has 0 spiro atoms. The van der Waals surface area contributed by atoms with Gasteiger partial charge in [-0.25, -0.2) is 0 Å². The number of aryl methyl sites for hydroxylation is 1. The SMILES string of the molecule is Cc1ccc(OC2CCN(C(=O)Cn3cc(NC(=O)CCOc4ccccc4)cn3)C2)cc1. The number of nitrogens with zero attached hydrogens (tertiary/aromatic N) is 3. The lowest BCUT2D eigenvalue weighted by molar-refractivity contribution is -0.131. The number of carbonyl (C=O) groups is 2. The number of ether oxygens (including phenoxy) is 2. The van der Waals surface area contributed by atoms with Gasteiger partial charge < -0.3 is 19.7 Å². The van der Waals surface area contributed by atoms with Crippen molar-refractivity contribution in [2.24, 2.45) is 0 Å². The second-order valence-electron chi connectivity index (χ2n) is 8.07. The number of hydrogen-bond acceptors (Lipinski definition) is 5. The first-order valence-corrected chi connectivity index (χ1v) is 11.1. The third kappa shape index (κ3) is 6.58. The molecule has 1 aromatic heterocycles. The highest BCUT2D eigenvalue weighted by atomic mass is 16.5. The molecule has 8 nitrogen and oxygen atoms in total. The number of carbonyl (C=O) groups excluding carboxylic acids is 2. The van der Waals surface area contributed by atoms with Gasteiger partial charge >= 0.3 is 0 Å². The Kier molecular flexibility index (Phi) is 7.24. The van der Waals surface area contributed by atoms with Crippen molar-refractivity contribution in [2.75, 3.05) is 25.0 Å². The van der Waals surface area contributed by atoms with Gasteiger partial charge in [-0.3, -0.25) is 14.3 Å². The largest absolute Gasteiger partial charge is 0.493 e. The summed E-state index contributed by atoms with van der Waals surface area (Å²) in [6, 6.07) is 17.3. The molecule has 1 fully saturated rings. The van der Waals surface area contributed by atoms with Crippen molar-refractivity contribution in [2.45, 2.75) is 32.4 Å². The molecule has 0 bridgehead atoms. The summed E-state index contributed by atoms with van der Waals surface area (Å²) < 4.78 is 13.1. The molecule has 1 saturated heterocycles. The Morgan fingerprint density at radius 2 is 1.88 bits per heavy atom. The highest BCUT2D eigenvalue weighted by Gasteiger charge is 2.27. The van der Waals surface area contributed by atoms with Crippen LogP contribution in [0.5, 0.6) is 11.5 Å². The molecule has 8 heteroatoms. The number of para-hydroxylation sites is 1. The number of anilines is 1. The van der Waals surface area contributed by atoms with E-state index in [2.05, 4.69) is 10.4 Å². The van der Waals surface area contributed by atoms with Gasteiger partial charge in [0.05, 0.1) is 31.5 Å². The van der Waals surface area contributed by atoms with E-state index in [-0.39, 0.29) is 37.5 Å². The summed E-state index contributed by atoms with van der Waals surface area (Å²) >= 11 is 0. The molecule has 2 heterocycles. The Bertz CT molecular complexity index is 1070. The molecule has 0 aliphatic carbocycles. The molecule has 1 aliphatic rings. The standard InChI is InChI=1S/C25H28N4O4/c1-19-7-9-22(10-8-19)33-23-11-13-28(17-23)25(31)18-29-16-20(15-26-29)27-24(30)12-14-32-21-5-3-2-4-6-21/h2-10,15-16,23H,11-14,17-18H2,1H3,(H,27,30). The number of aromatic nitrogens is 2. The van der Waals surface area contributed by atoms with Crippen molar-refractivity contribution in [3.8, 4) is 11.5 Å². The average Bonchev–Trinajstić information content (AvgIpc) is 3.46. The first kappa shape index (κ1) is 22.4. The molecule has 1 atom stereocenters. The predicted molar refractivity (Wildman–Crippen MR) is 124 cm³/mol. The first-order chi connectivity index (χ1) is 16.0. The van der Waals surface area contributed by atoms with Gasteiger partial charge in [0.25, 0.3) is 0 Å². The van der Waals surface area contributed by atoms with E-state index in [9.17, 15) is 9.59 Å². The maximum atomic E-state index is 12.7.